The van der Waals surface area contributed by atoms with Crippen molar-refractivity contribution in [3.63, 3.8) is 0 Å². The maximum atomic E-state index is 12.6. The minimum atomic E-state index is -0.658. The first-order valence-corrected chi connectivity index (χ1v) is 10.2. The normalized spacial score (nSPS) is 11.2. The summed E-state index contributed by atoms with van der Waals surface area (Å²) in [5.74, 6) is -0.363. The number of nitrogens with zero attached hydrogens (tertiary/aromatic N) is 1. The van der Waals surface area contributed by atoms with Crippen LogP contribution in [0.25, 0.3) is 17.4 Å². The number of halogens is 1. The quantitative estimate of drug-likeness (QED) is 0.298. The Morgan fingerprint density at radius 3 is 2.70 bits per heavy atom. The highest BCUT2D eigenvalue weighted by molar-refractivity contribution is 7.14. The highest BCUT2D eigenvalue weighted by Crippen LogP contribution is 2.30. The molecule has 0 fully saturated rings. The minimum Gasteiger partial charge on any atom is -0.459 e. The van der Waals surface area contributed by atoms with E-state index in [1.165, 1.54) is 6.08 Å². The molecule has 0 radical (unpaired) electrons. The van der Waals surface area contributed by atoms with E-state index in [0.29, 0.717) is 27.1 Å². The summed E-state index contributed by atoms with van der Waals surface area (Å²) in [4.78, 5) is 24.7. The van der Waals surface area contributed by atoms with Gasteiger partial charge in [-0.15, -0.1) is 11.3 Å². The van der Waals surface area contributed by atoms with E-state index in [-0.39, 0.29) is 17.2 Å². The van der Waals surface area contributed by atoms with E-state index in [4.69, 9.17) is 20.8 Å². The first-order valence-electron chi connectivity index (χ1n) is 8.95. The SMILES string of the molecule is CC(C)OC(=O)c1ccsc1NC(=O)/C(C#N)=C/c1ccc(-c2ccccc2Cl)o1. The Balaban J connectivity index is 1.79. The van der Waals surface area contributed by atoms with E-state index >= 15 is 0 Å². The average Bonchev–Trinajstić information content (AvgIpc) is 3.35. The van der Waals surface area contributed by atoms with Crippen molar-refractivity contribution in [3.8, 4) is 17.4 Å². The van der Waals surface area contributed by atoms with Crippen molar-refractivity contribution in [1.29, 1.82) is 5.26 Å². The van der Waals surface area contributed by atoms with E-state index in [1.807, 2.05) is 18.2 Å². The van der Waals surface area contributed by atoms with Gasteiger partial charge in [-0.05, 0) is 49.6 Å². The number of hydrogen-bond acceptors (Lipinski definition) is 6. The highest BCUT2D eigenvalue weighted by atomic mass is 35.5. The van der Waals surface area contributed by atoms with Crippen LogP contribution in [0.15, 0.2) is 57.8 Å². The van der Waals surface area contributed by atoms with Crippen LogP contribution in [0.5, 0.6) is 0 Å². The molecule has 2 aromatic heterocycles. The molecular formula is C22H17ClN2O4S. The number of nitrogens with one attached hydrogen (secondary N) is 1. The Bertz CT molecular complexity index is 1150. The molecule has 0 aliphatic heterocycles. The average molecular weight is 441 g/mol. The lowest BCUT2D eigenvalue weighted by atomic mass is 10.2. The predicted molar refractivity (Wildman–Crippen MR) is 116 cm³/mol. The molecule has 0 spiro atoms. The van der Waals surface area contributed by atoms with E-state index in [9.17, 15) is 14.9 Å². The van der Waals surface area contributed by atoms with Gasteiger partial charge in [-0.2, -0.15) is 5.26 Å². The summed E-state index contributed by atoms with van der Waals surface area (Å²) in [5.41, 5.74) is 0.763. The molecule has 0 unspecified atom stereocenters. The summed E-state index contributed by atoms with van der Waals surface area (Å²) in [5, 5.41) is 14.5. The number of carbonyl (C=O) groups is 2. The fourth-order valence-corrected chi connectivity index (χ4v) is 3.54. The number of esters is 1. The topological polar surface area (TPSA) is 92.3 Å². The maximum Gasteiger partial charge on any atom is 0.341 e. The van der Waals surface area contributed by atoms with E-state index < -0.39 is 11.9 Å². The molecule has 8 heteroatoms. The Morgan fingerprint density at radius 1 is 1.23 bits per heavy atom. The van der Waals surface area contributed by atoms with Gasteiger partial charge in [0.25, 0.3) is 5.91 Å². The van der Waals surface area contributed by atoms with Crippen molar-refractivity contribution in [2.45, 2.75) is 20.0 Å². The van der Waals surface area contributed by atoms with Crippen LogP contribution in [0, 0.1) is 11.3 Å². The van der Waals surface area contributed by atoms with Crippen molar-refractivity contribution in [2.24, 2.45) is 0 Å². The summed E-state index contributed by atoms with van der Waals surface area (Å²) in [6.07, 6.45) is 1.04. The number of furan rings is 1. The molecule has 2 heterocycles. The number of carbonyl (C=O) groups excluding carboxylic acids is 2. The largest absolute Gasteiger partial charge is 0.459 e. The fourth-order valence-electron chi connectivity index (χ4n) is 2.54. The predicted octanol–water partition coefficient (Wildman–Crippen LogP) is 5.77. The lowest BCUT2D eigenvalue weighted by molar-refractivity contribution is -0.112. The number of thiophene rings is 1. The molecular weight excluding hydrogens is 424 g/mol. The lowest BCUT2D eigenvalue weighted by Gasteiger charge is -2.09. The van der Waals surface area contributed by atoms with Gasteiger partial charge in [0, 0.05) is 11.6 Å². The smallest absolute Gasteiger partial charge is 0.341 e. The van der Waals surface area contributed by atoms with Gasteiger partial charge >= 0.3 is 5.97 Å². The van der Waals surface area contributed by atoms with Crippen LogP contribution in [0.3, 0.4) is 0 Å². The van der Waals surface area contributed by atoms with Crippen LogP contribution in [0.1, 0.15) is 30.0 Å². The van der Waals surface area contributed by atoms with Gasteiger partial charge in [-0.1, -0.05) is 23.7 Å². The molecule has 152 valence electrons. The third-order valence-corrected chi connectivity index (χ3v) is 5.03. The second-order valence-corrected chi connectivity index (χ2v) is 7.75. The van der Waals surface area contributed by atoms with Gasteiger partial charge < -0.3 is 14.5 Å². The van der Waals surface area contributed by atoms with Gasteiger partial charge in [-0.3, -0.25) is 4.79 Å². The summed E-state index contributed by atoms with van der Waals surface area (Å²) in [6.45, 7) is 3.47. The zero-order valence-electron chi connectivity index (χ0n) is 16.1. The molecule has 0 saturated carbocycles. The van der Waals surface area contributed by atoms with Crippen molar-refractivity contribution >= 4 is 45.9 Å². The molecule has 0 saturated heterocycles. The highest BCUT2D eigenvalue weighted by Gasteiger charge is 2.19. The van der Waals surface area contributed by atoms with Crippen LogP contribution in [-0.2, 0) is 9.53 Å². The van der Waals surface area contributed by atoms with Crippen molar-refractivity contribution in [1.82, 2.24) is 0 Å². The molecule has 0 atom stereocenters. The minimum absolute atomic E-state index is 0.174. The van der Waals surface area contributed by atoms with Gasteiger partial charge in [-0.25, -0.2) is 4.79 Å². The molecule has 0 aliphatic rings. The Labute approximate surface area is 182 Å². The Kier molecular flexibility index (Phi) is 6.72. The first-order chi connectivity index (χ1) is 14.4. The Hall–Kier alpha value is -3.34. The standard InChI is InChI=1S/C22H17ClN2O4S/c1-13(2)28-22(27)17-9-10-30-21(17)25-20(26)14(12-24)11-15-7-8-19(29-15)16-5-3-4-6-18(16)23/h3-11,13H,1-2H3,(H,25,26)/b14-11+. The molecule has 1 N–H and O–H groups in total. The molecule has 30 heavy (non-hydrogen) atoms. The monoisotopic (exact) mass is 440 g/mol. The number of benzene rings is 1. The van der Waals surface area contributed by atoms with Gasteiger partial charge in [0.2, 0.25) is 0 Å². The molecule has 0 bridgehead atoms. The van der Waals surface area contributed by atoms with Crippen molar-refractivity contribution in [3.05, 3.63) is 69.8 Å². The number of ether oxygens (including phenoxy) is 1. The second-order valence-electron chi connectivity index (χ2n) is 6.42. The first kappa shape index (κ1) is 21.4. The molecule has 3 rings (SSSR count). The van der Waals surface area contributed by atoms with Gasteiger partial charge in [0.1, 0.15) is 28.2 Å². The van der Waals surface area contributed by atoms with E-state index in [0.717, 1.165) is 11.3 Å². The summed E-state index contributed by atoms with van der Waals surface area (Å²) in [6, 6.07) is 13.9. The van der Waals surface area contributed by atoms with Crippen LogP contribution < -0.4 is 5.32 Å². The number of amides is 1. The Morgan fingerprint density at radius 2 is 2.00 bits per heavy atom. The lowest BCUT2D eigenvalue weighted by Crippen LogP contribution is -2.16. The van der Waals surface area contributed by atoms with Crippen LogP contribution in [-0.4, -0.2) is 18.0 Å². The van der Waals surface area contributed by atoms with Crippen LogP contribution in [0.2, 0.25) is 5.02 Å². The molecule has 1 aromatic carbocycles. The van der Waals surface area contributed by atoms with Crippen molar-refractivity contribution < 1.29 is 18.7 Å². The van der Waals surface area contributed by atoms with Crippen molar-refractivity contribution in [2.75, 3.05) is 5.32 Å². The van der Waals surface area contributed by atoms with Crippen LogP contribution >= 0.6 is 22.9 Å². The number of anilines is 1. The number of nitriles is 1. The fraction of sp³-hybridized carbons (Fsp3) is 0.136. The summed E-state index contributed by atoms with van der Waals surface area (Å²) < 4.78 is 10.9. The molecule has 0 aliphatic carbocycles. The zero-order chi connectivity index (χ0) is 21.7. The van der Waals surface area contributed by atoms with Crippen LogP contribution in [0.4, 0.5) is 5.00 Å². The zero-order valence-corrected chi connectivity index (χ0v) is 17.7. The third kappa shape index (κ3) is 4.98. The van der Waals surface area contributed by atoms with Gasteiger partial charge in [0.15, 0.2) is 0 Å². The second kappa shape index (κ2) is 9.44. The van der Waals surface area contributed by atoms with E-state index in [2.05, 4.69) is 5.32 Å². The maximum absolute atomic E-state index is 12.6. The third-order valence-electron chi connectivity index (χ3n) is 3.87. The molecule has 1 amide bonds. The summed E-state index contributed by atoms with van der Waals surface area (Å²) >= 11 is 7.34. The number of rotatable bonds is 6. The molecule has 3 aromatic rings. The summed E-state index contributed by atoms with van der Waals surface area (Å²) in [7, 11) is 0. The number of hydrogen-bond donors (Lipinski definition) is 1. The molecule has 6 nitrogen and oxygen atoms in total. The van der Waals surface area contributed by atoms with Gasteiger partial charge in [0.05, 0.1) is 16.7 Å². The van der Waals surface area contributed by atoms with E-state index in [1.54, 1.807) is 49.6 Å².